The minimum atomic E-state index is -3.49. The molecule has 3 N–H and O–H groups in total. The van der Waals surface area contributed by atoms with Gasteiger partial charge in [-0.15, -0.1) is 0 Å². The Morgan fingerprint density at radius 3 is 2.53 bits per heavy atom. The number of piperidine rings is 1. The molecule has 0 spiro atoms. The molecule has 0 unspecified atom stereocenters. The molecule has 0 aromatic heterocycles. The van der Waals surface area contributed by atoms with E-state index in [1.165, 1.54) is 16.4 Å². The van der Waals surface area contributed by atoms with Crippen molar-refractivity contribution in [3.05, 3.63) is 24.3 Å². The standard InChI is InChI=1S/C11H16N2O3S/c12-9-3-5-11(6-4-9)17(15,16)13-7-1-2-10(14)8-13/h3-6,10,14H,1-2,7-8,12H2/t10-/m0/s1. The Kier molecular flexibility index (Phi) is 3.37. The summed E-state index contributed by atoms with van der Waals surface area (Å²) >= 11 is 0. The molecule has 1 atom stereocenters. The van der Waals surface area contributed by atoms with Crippen LogP contribution in [0.1, 0.15) is 12.8 Å². The molecule has 1 aromatic rings. The van der Waals surface area contributed by atoms with Crippen molar-refractivity contribution in [1.82, 2.24) is 4.31 Å². The Morgan fingerprint density at radius 1 is 1.29 bits per heavy atom. The van der Waals surface area contributed by atoms with Crippen LogP contribution in [0.15, 0.2) is 29.2 Å². The maximum absolute atomic E-state index is 12.2. The molecule has 94 valence electrons. The van der Waals surface area contributed by atoms with Gasteiger partial charge in [0.1, 0.15) is 0 Å². The summed E-state index contributed by atoms with van der Waals surface area (Å²) in [5.41, 5.74) is 6.05. The average molecular weight is 256 g/mol. The zero-order valence-corrected chi connectivity index (χ0v) is 10.2. The Morgan fingerprint density at radius 2 is 1.94 bits per heavy atom. The molecule has 1 aliphatic heterocycles. The molecule has 0 radical (unpaired) electrons. The van der Waals surface area contributed by atoms with E-state index in [0.29, 0.717) is 25.1 Å². The monoisotopic (exact) mass is 256 g/mol. The van der Waals surface area contributed by atoms with E-state index in [2.05, 4.69) is 0 Å². The van der Waals surface area contributed by atoms with Crippen LogP contribution >= 0.6 is 0 Å². The van der Waals surface area contributed by atoms with Gasteiger partial charge in [-0.1, -0.05) is 0 Å². The smallest absolute Gasteiger partial charge is 0.243 e. The normalized spacial score (nSPS) is 22.5. The fraction of sp³-hybridized carbons (Fsp3) is 0.455. The molecule has 0 aliphatic carbocycles. The molecule has 1 heterocycles. The van der Waals surface area contributed by atoms with E-state index in [1.807, 2.05) is 0 Å². The highest BCUT2D eigenvalue weighted by atomic mass is 32.2. The van der Waals surface area contributed by atoms with Crippen molar-refractivity contribution in [1.29, 1.82) is 0 Å². The van der Waals surface area contributed by atoms with Gasteiger partial charge in [0.2, 0.25) is 10.0 Å². The molecule has 0 saturated carbocycles. The summed E-state index contributed by atoms with van der Waals surface area (Å²) in [6, 6.07) is 6.11. The number of nitrogens with two attached hydrogens (primary N) is 1. The van der Waals surface area contributed by atoms with Gasteiger partial charge >= 0.3 is 0 Å². The van der Waals surface area contributed by atoms with Crippen LogP contribution in [-0.2, 0) is 10.0 Å². The average Bonchev–Trinajstić information content (AvgIpc) is 2.29. The van der Waals surface area contributed by atoms with E-state index in [-0.39, 0.29) is 11.4 Å². The van der Waals surface area contributed by atoms with Crippen molar-refractivity contribution in [3.63, 3.8) is 0 Å². The highest BCUT2D eigenvalue weighted by Crippen LogP contribution is 2.21. The highest BCUT2D eigenvalue weighted by molar-refractivity contribution is 7.89. The van der Waals surface area contributed by atoms with E-state index in [4.69, 9.17) is 5.73 Å². The lowest BCUT2D eigenvalue weighted by atomic mass is 10.1. The Hall–Kier alpha value is -1.11. The molecular weight excluding hydrogens is 240 g/mol. The molecule has 17 heavy (non-hydrogen) atoms. The number of β-amino-alcohol motifs (C(OH)–C–C–N with tert-alkyl or cyclic N) is 1. The quantitative estimate of drug-likeness (QED) is 0.751. The lowest BCUT2D eigenvalue weighted by Crippen LogP contribution is -2.42. The van der Waals surface area contributed by atoms with Crippen molar-refractivity contribution in [3.8, 4) is 0 Å². The van der Waals surface area contributed by atoms with Gasteiger partial charge in [0, 0.05) is 18.8 Å². The summed E-state index contributed by atoms with van der Waals surface area (Å²) in [6.07, 6.45) is 0.788. The first kappa shape index (κ1) is 12.3. The summed E-state index contributed by atoms with van der Waals surface area (Å²) in [7, 11) is -3.49. The number of nitrogens with zero attached hydrogens (tertiary/aromatic N) is 1. The molecule has 6 heteroatoms. The molecule has 0 amide bonds. The second-order valence-corrected chi connectivity index (χ2v) is 6.17. The van der Waals surface area contributed by atoms with Crippen molar-refractivity contribution in [2.45, 2.75) is 23.8 Å². The van der Waals surface area contributed by atoms with Crippen molar-refractivity contribution >= 4 is 15.7 Å². The Labute approximate surface area is 101 Å². The van der Waals surface area contributed by atoms with Crippen LogP contribution in [0.4, 0.5) is 5.69 Å². The SMILES string of the molecule is Nc1ccc(S(=O)(=O)N2CCC[C@H](O)C2)cc1. The first-order valence-electron chi connectivity index (χ1n) is 5.54. The number of aliphatic hydroxyl groups excluding tert-OH is 1. The second kappa shape index (κ2) is 4.64. The largest absolute Gasteiger partial charge is 0.399 e. The molecule has 2 rings (SSSR count). The predicted molar refractivity (Wildman–Crippen MR) is 64.9 cm³/mol. The number of hydrogen-bond donors (Lipinski definition) is 2. The van der Waals surface area contributed by atoms with Crippen LogP contribution in [0.3, 0.4) is 0 Å². The lowest BCUT2D eigenvalue weighted by Gasteiger charge is -2.29. The topological polar surface area (TPSA) is 83.6 Å². The zero-order valence-electron chi connectivity index (χ0n) is 9.41. The van der Waals surface area contributed by atoms with E-state index in [9.17, 15) is 13.5 Å². The fourth-order valence-electron chi connectivity index (χ4n) is 1.93. The summed E-state index contributed by atoms with van der Waals surface area (Å²) in [6.45, 7) is 0.635. The minimum Gasteiger partial charge on any atom is -0.399 e. The zero-order chi connectivity index (χ0) is 12.5. The van der Waals surface area contributed by atoms with Gasteiger partial charge in [-0.05, 0) is 37.1 Å². The van der Waals surface area contributed by atoms with Gasteiger partial charge in [-0.2, -0.15) is 4.31 Å². The van der Waals surface area contributed by atoms with Gasteiger partial charge in [-0.25, -0.2) is 8.42 Å². The Balaban J connectivity index is 2.26. The first-order chi connectivity index (χ1) is 8.00. The summed E-state index contributed by atoms with van der Waals surface area (Å²) in [4.78, 5) is 0.223. The molecule has 5 nitrogen and oxygen atoms in total. The minimum absolute atomic E-state index is 0.173. The number of aliphatic hydroxyl groups is 1. The summed E-state index contributed by atoms with van der Waals surface area (Å²) in [5.74, 6) is 0. The number of hydrogen-bond acceptors (Lipinski definition) is 4. The summed E-state index contributed by atoms with van der Waals surface area (Å²) < 4.78 is 25.8. The van der Waals surface area contributed by atoms with Gasteiger partial charge in [0.25, 0.3) is 0 Å². The van der Waals surface area contributed by atoms with Crippen LogP contribution in [0.2, 0.25) is 0 Å². The van der Waals surface area contributed by atoms with Crippen molar-refractivity contribution in [2.75, 3.05) is 18.8 Å². The Bertz CT molecular complexity index is 484. The molecule has 1 saturated heterocycles. The van der Waals surface area contributed by atoms with Crippen LogP contribution in [0, 0.1) is 0 Å². The van der Waals surface area contributed by atoms with Crippen LogP contribution in [0.25, 0.3) is 0 Å². The highest BCUT2D eigenvalue weighted by Gasteiger charge is 2.29. The molecule has 0 bridgehead atoms. The summed E-state index contributed by atoms with van der Waals surface area (Å²) in [5, 5.41) is 9.51. The fourth-order valence-corrected chi connectivity index (χ4v) is 3.44. The van der Waals surface area contributed by atoms with E-state index in [0.717, 1.165) is 0 Å². The third-order valence-electron chi connectivity index (χ3n) is 2.88. The molecular formula is C11H16N2O3S. The van der Waals surface area contributed by atoms with Crippen molar-refractivity contribution < 1.29 is 13.5 Å². The van der Waals surface area contributed by atoms with Gasteiger partial charge < -0.3 is 10.8 Å². The molecule has 1 aliphatic rings. The number of anilines is 1. The second-order valence-electron chi connectivity index (χ2n) is 4.23. The maximum Gasteiger partial charge on any atom is 0.243 e. The third-order valence-corrected chi connectivity index (χ3v) is 4.76. The van der Waals surface area contributed by atoms with Gasteiger partial charge in [0.05, 0.1) is 11.0 Å². The van der Waals surface area contributed by atoms with Crippen LogP contribution in [-0.4, -0.2) is 37.0 Å². The number of nitrogen functional groups attached to an aromatic ring is 1. The van der Waals surface area contributed by atoms with E-state index >= 15 is 0 Å². The van der Waals surface area contributed by atoms with Gasteiger partial charge in [0.15, 0.2) is 0 Å². The molecule has 1 fully saturated rings. The van der Waals surface area contributed by atoms with E-state index < -0.39 is 16.1 Å². The lowest BCUT2D eigenvalue weighted by molar-refractivity contribution is 0.108. The van der Waals surface area contributed by atoms with Crippen molar-refractivity contribution in [2.24, 2.45) is 0 Å². The first-order valence-corrected chi connectivity index (χ1v) is 6.98. The number of benzene rings is 1. The van der Waals surface area contributed by atoms with Crippen LogP contribution < -0.4 is 5.73 Å². The number of sulfonamides is 1. The van der Waals surface area contributed by atoms with Crippen LogP contribution in [0.5, 0.6) is 0 Å². The molecule has 1 aromatic carbocycles. The third kappa shape index (κ3) is 2.59. The predicted octanol–water partition coefficient (Wildman–Crippen LogP) is 0.414. The maximum atomic E-state index is 12.2. The van der Waals surface area contributed by atoms with Gasteiger partial charge in [-0.3, -0.25) is 0 Å². The number of rotatable bonds is 2. The van der Waals surface area contributed by atoms with E-state index in [1.54, 1.807) is 12.1 Å².